The molecule has 0 aliphatic heterocycles. The third-order valence-electron chi connectivity index (χ3n) is 3.57. The third-order valence-corrected chi connectivity index (χ3v) is 3.57. The SMILES string of the molecule is CCC(C#N)(CCCN(C)C(C)COC)NC. The van der Waals surface area contributed by atoms with E-state index in [1.54, 1.807) is 7.11 Å². The lowest BCUT2D eigenvalue weighted by Gasteiger charge is -2.28. The molecule has 0 aliphatic carbocycles. The Balaban J connectivity index is 4.01. The normalized spacial score (nSPS) is 16.5. The molecule has 0 saturated heterocycles. The van der Waals surface area contributed by atoms with Crippen LogP contribution in [0, 0.1) is 11.3 Å². The molecule has 17 heavy (non-hydrogen) atoms. The first-order chi connectivity index (χ1) is 8.05. The van der Waals surface area contributed by atoms with Crippen molar-refractivity contribution in [2.24, 2.45) is 0 Å². The van der Waals surface area contributed by atoms with Crippen LogP contribution in [-0.2, 0) is 4.74 Å². The number of rotatable bonds is 9. The largest absolute Gasteiger partial charge is 0.383 e. The van der Waals surface area contributed by atoms with Crippen LogP contribution in [0.5, 0.6) is 0 Å². The van der Waals surface area contributed by atoms with Crippen molar-refractivity contribution in [2.75, 3.05) is 34.4 Å². The number of nitrogens with zero attached hydrogens (tertiary/aromatic N) is 2. The Hall–Kier alpha value is -0.630. The van der Waals surface area contributed by atoms with Gasteiger partial charge in [-0.1, -0.05) is 6.92 Å². The molecule has 0 fully saturated rings. The van der Waals surface area contributed by atoms with Gasteiger partial charge in [-0.05, 0) is 46.8 Å². The lowest BCUT2D eigenvalue weighted by molar-refractivity contribution is 0.113. The first-order valence-electron chi connectivity index (χ1n) is 6.34. The zero-order valence-electron chi connectivity index (χ0n) is 11.9. The smallest absolute Gasteiger partial charge is 0.106 e. The molecule has 4 heteroatoms. The molecule has 100 valence electrons. The van der Waals surface area contributed by atoms with Gasteiger partial charge >= 0.3 is 0 Å². The minimum absolute atomic E-state index is 0.356. The van der Waals surface area contributed by atoms with E-state index < -0.39 is 0 Å². The summed E-state index contributed by atoms with van der Waals surface area (Å²) in [6.07, 6.45) is 2.75. The second-order valence-electron chi connectivity index (χ2n) is 4.69. The molecular formula is C13H27N3O. The molecule has 2 unspecified atom stereocenters. The molecule has 0 aromatic carbocycles. The number of likely N-dealkylation sites (N-methyl/N-ethyl adjacent to an activating group) is 1. The summed E-state index contributed by atoms with van der Waals surface area (Å²) >= 11 is 0. The lowest BCUT2D eigenvalue weighted by Crippen LogP contribution is -2.42. The number of nitriles is 1. The van der Waals surface area contributed by atoms with Crippen LogP contribution in [0.25, 0.3) is 0 Å². The molecule has 1 N–H and O–H groups in total. The van der Waals surface area contributed by atoms with E-state index in [0.717, 1.165) is 32.4 Å². The van der Waals surface area contributed by atoms with Crippen LogP contribution in [0.15, 0.2) is 0 Å². The van der Waals surface area contributed by atoms with Crippen molar-refractivity contribution in [3.05, 3.63) is 0 Å². The van der Waals surface area contributed by atoms with E-state index in [0.29, 0.717) is 6.04 Å². The van der Waals surface area contributed by atoms with Crippen LogP contribution >= 0.6 is 0 Å². The van der Waals surface area contributed by atoms with Gasteiger partial charge in [0.1, 0.15) is 5.54 Å². The fourth-order valence-electron chi connectivity index (χ4n) is 1.89. The monoisotopic (exact) mass is 241 g/mol. The van der Waals surface area contributed by atoms with Crippen LogP contribution in [-0.4, -0.2) is 50.8 Å². The molecule has 0 bridgehead atoms. The van der Waals surface area contributed by atoms with Crippen molar-refractivity contribution in [1.29, 1.82) is 5.26 Å². The maximum absolute atomic E-state index is 9.19. The summed E-state index contributed by atoms with van der Waals surface area (Å²) in [5.74, 6) is 0. The van der Waals surface area contributed by atoms with Crippen molar-refractivity contribution in [3.8, 4) is 6.07 Å². The number of hydrogen-bond acceptors (Lipinski definition) is 4. The minimum Gasteiger partial charge on any atom is -0.383 e. The van der Waals surface area contributed by atoms with E-state index in [1.165, 1.54) is 0 Å². The lowest BCUT2D eigenvalue weighted by atomic mass is 9.92. The van der Waals surface area contributed by atoms with E-state index in [1.807, 2.05) is 7.05 Å². The average molecular weight is 241 g/mol. The highest BCUT2D eigenvalue weighted by molar-refractivity contribution is 5.05. The Morgan fingerprint density at radius 1 is 1.53 bits per heavy atom. The molecule has 0 heterocycles. The van der Waals surface area contributed by atoms with Crippen molar-refractivity contribution < 1.29 is 4.74 Å². The average Bonchev–Trinajstić information content (AvgIpc) is 2.35. The van der Waals surface area contributed by atoms with E-state index in [-0.39, 0.29) is 5.54 Å². The summed E-state index contributed by atoms with van der Waals surface area (Å²) in [5, 5.41) is 12.3. The predicted molar refractivity (Wildman–Crippen MR) is 70.9 cm³/mol. The first-order valence-corrected chi connectivity index (χ1v) is 6.34. The molecule has 0 rings (SSSR count). The molecule has 0 amide bonds. The summed E-state index contributed by atoms with van der Waals surface area (Å²) in [5.41, 5.74) is -0.356. The van der Waals surface area contributed by atoms with Crippen molar-refractivity contribution >= 4 is 0 Å². The zero-order valence-corrected chi connectivity index (χ0v) is 11.9. The van der Waals surface area contributed by atoms with Gasteiger partial charge in [-0.2, -0.15) is 5.26 Å². The van der Waals surface area contributed by atoms with E-state index in [9.17, 15) is 5.26 Å². The molecule has 0 aliphatic rings. The highest BCUT2D eigenvalue weighted by Crippen LogP contribution is 2.16. The van der Waals surface area contributed by atoms with Gasteiger partial charge in [0.15, 0.2) is 0 Å². The second-order valence-corrected chi connectivity index (χ2v) is 4.69. The maximum Gasteiger partial charge on any atom is 0.106 e. The number of hydrogen-bond donors (Lipinski definition) is 1. The zero-order chi connectivity index (χ0) is 13.3. The first kappa shape index (κ1) is 16.4. The molecule has 0 aromatic heterocycles. The van der Waals surface area contributed by atoms with Gasteiger partial charge < -0.3 is 15.0 Å². The maximum atomic E-state index is 9.19. The van der Waals surface area contributed by atoms with Crippen LogP contribution in [0.2, 0.25) is 0 Å². The third kappa shape index (κ3) is 5.49. The fourth-order valence-corrected chi connectivity index (χ4v) is 1.89. The van der Waals surface area contributed by atoms with Gasteiger partial charge in [0.2, 0.25) is 0 Å². The van der Waals surface area contributed by atoms with Gasteiger partial charge in [0.25, 0.3) is 0 Å². The molecule has 0 spiro atoms. The van der Waals surface area contributed by atoms with E-state index in [4.69, 9.17) is 4.74 Å². The molecule has 0 radical (unpaired) electrons. The number of ether oxygens (including phenoxy) is 1. The van der Waals surface area contributed by atoms with Gasteiger partial charge in [0.05, 0.1) is 12.7 Å². The Morgan fingerprint density at radius 3 is 2.59 bits per heavy atom. The standard InChI is InChI=1S/C13H27N3O/c1-6-13(11-14,15-3)8-7-9-16(4)12(2)10-17-5/h12,15H,6-10H2,1-5H3. The summed E-state index contributed by atoms with van der Waals surface area (Å²) in [7, 11) is 5.69. The Kier molecular flexibility index (Phi) is 8.15. The van der Waals surface area contributed by atoms with E-state index >= 15 is 0 Å². The van der Waals surface area contributed by atoms with Crippen LogP contribution in [0.4, 0.5) is 0 Å². The van der Waals surface area contributed by atoms with Gasteiger partial charge in [-0.15, -0.1) is 0 Å². The van der Waals surface area contributed by atoms with E-state index in [2.05, 4.69) is 37.2 Å². The van der Waals surface area contributed by atoms with Crippen molar-refractivity contribution in [1.82, 2.24) is 10.2 Å². The molecule has 0 saturated carbocycles. The minimum atomic E-state index is -0.356. The van der Waals surface area contributed by atoms with Crippen LogP contribution in [0.1, 0.15) is 33.1 Å². The van der Waals surface area contributed by atoms with Crippen LogP contribution < -0.4 is 5.32 Å². The summed E-state index contributed by atoms with van der Waals surface area (Å²) in [6, 6.07) is 2.81. The summed E-state index contributed by atoms with van der Waals surface area (Å²) in [6.45, 7) is 5.95. The quantitative estimate of drug-likeness (QED) is 0.666. The second kappa shape index (κ2) is 8.46. The number of nitrogens with one attached hydrogen (secondary N) is 1. The van der Waals surface area contributed by atoms with Crippen molar-refractivity contribution in [2.45, 2.75) is 44.7 Å². The Labute approximate surface area is 106 Å². The van der Waals surface area contributed by atoms with Gasteiger partial charge in [-0.25, -0.2) is 0 Å². The van der Waals surface area contributed by atoms with Crippen molar-refractivity contribution in [3.63, 3.8) is 0 Å². The van der Waals surface area contributed by atoms with Gasteiger partial charge in [-0.3, -0.25) is 0 Å². The number of methoxy groups -OCH3 is 1. The summed E-state index contributed by atoms with van der Waals surface area (Å²) in [4.78, 5) is 2.27. The highest BCUT2D eigenvalue weighted by atomic mass is 16.5. The molecule has 2 atom stereocenters. The highest BCUT2D eigenvalue weighted by Gasteiger charge is 2.25. The molecule has 0 aromatic rings. The Morgan fingerprint density at radius 2 is 2.18 bits per heavy atom. The molecular weight excluding hydrogens is 214 g/mol. The Bertz CT molecular complexity index is 233. The predicted octanol–water partition coefficient (Wildman–Crippen LogP) is 1.63. The van der Waals surface area contributed by atoms with Crippen LogP contribution in [0.3, 0.4) is 0 Å². The van der Waals surface area contributed by atoms with Gasteiger partial charge in [0, 0.05) is 13.2 Å². The molecule has 4 nitrogen and oxygen atoms in total. The summed E-state index contributed by atoms with van der Waals surface area (Å²) < 4.78 is 5.13. The fraction of sp³-hybridized carbons (Fsp3) is 0.923. The topological polar surface area (TPSA) is 48.3 Å².